The zero-order valence-electron chi connectivity index (χ0n) is 20.7. The number of nitrogens with one attached hydrogen (secondary N) is 3. The fourth-order valence-corrected chi connectivity index (χ4v) is 5.92. The number of nitrogens with zero attached hydrogens (tertiary/aromatic N) is 1. The van der Waals surface area contributed by atoms with E-state index in [-0.39, 0.29) is 12.1 Å². The quantitative estimate of drug-likeness (QED) is 0.224. The largest absolute Gasteiger partial charge is 0.731 e. The van der Waals surface area contributed by atoms with E-state index in [0.717, 1.165) is 21.0 Å². The third-order valence-electron chi connectivity index (χ3n) is 5.64. The Bertz CT molecular complexity index is 1490. The first-order valence-electron chi connectivity index (χ1n) is 11.7. The molecule has 0 radical (unpaired) electrons. The molecule has 3 N–H and O–H groups in total. The number of alkyl carbamates (subject to hydrolysis) is 1. The highest BCUT2D eigenvalue weighted by Crippen LogP contribution is 2.31. The molecule has 2 aromatic heterocycles. The Labute approximate surface area is 234 Å². The van der Waals surface area contributed by atoms with E-state index in [4.69, 9.17) is 9.72 Å². The van der Waals surface area contributed by atoms with Crippen molar-refractivity contribution in [3.63, 3.8) is 0 Å². The number of hydrogen-bond acceptors (Lipinski definition) is 9. The third kappa shape index (κ3) is 8.35. The molecule has 13 heteroatoms. The van der Waals surface area contributed by atoms with Gasteiger partial charge in [0.05, 0.1) is 23.7 Å². The molecular formula is C26H25N4O6S3-. The summed E-state index contributed by atoms with van der Waals surface area (Å²) < 4.78 is 39.6. The Morgan fingerprint density at radius 3 is 2.31 bits per heavy atom. The number of carbonyl (C=O) groups is 2. The van der Waals surface area contributed by atoms with Crippen molar-refractivity contribution in [2.75, 3.05) is 11.8 Å². The van der Waals surface area contributed by atoms with Crippen LogP contribution in [0.4, 0.5) is 10.5 Å². The number of thiophene rings is 1. The van der Waals surface area contributed by atoms with E-state index in [1.54, 1.807) is 23.5 Å². The number of aromatic nitrogens is 1. The maximum Gasteiger partial charge on any atom is 0.407 e. The minimum atomic E-state index is -4.65. The average Bonchev–Trinajstić information content (AvgIpc) is 3.61. The van der Waals surface area contributed by atoms with Gasteiger partial charge in [-0.25, -0.2) is 18.2 Å². The molecule has 0 aliphatic rings. The molecule has 0 fully saturated rings. The molecule has 0 aliphatic heterocycles. The van der Waals surface area contributed by atoms with Gasteiger partial charge in [0.2, 0.25) is 5.91 Å². The van der Waals surface area contributed by atoms with Gasteiger partial charge in [0, 0.05) is 17.5 Å². The van der Waals surface area contributed by atoms with Crippen molar-refractivity contribution in [2.45, 2.75) is 24.9 Å². The Morgan fingerprint density at radius 1 is 0.949 bits per heavy atom. The summed E-state index contributed by atoms with van der Waals surface area (Å²) in [6.45, 7) is 0. The molecule has 2 unspecified atom stereocenters. The fourth-order valence-electron chi connectivity index (χ4n) is 3.81. The number of hydrogen-bond donors (Lipinski definition) is 3. The van der Waals surface area contributed by atoms with Gasteiger partial charge in [0.15, 0.2) is 10.3 Å². The SMILES string of the molecule is COC(=O)NC(Cc1ccccc1)C(=O)NC(Cc1ccc(NS(=O)(=O)[O-])cc1)c1csc(-c2cccs2)n1. The Morgan fingerprint density at radius 2 is 1.67 bits per heavy atom. The molecule has 0 saturated carbocycles. The number of anilines is 1. The lowest BCUT2D eigenvalue weighted by atomic mass is 10.0. The highest BCUT2D eigenvalue weighted by Gasteiger charge is 2.26. The summed E-state index contributed by atoms with van der Waals surface area (Å²) in [5.74, 6) is -0.421. The van der Waals surface area contributed by atoms with Crippen LogP contribution in [0.5, 0.6) is 0 Å². The standard InChI is InChI=1S/C26H26N4O6S3/c1-36-26(32)29-21(15-17-6-3-2-4-7-17)24(31)27-20(22-16-38-25(28-22)23-8-5-13-37-23)14-18-9-11-19(12-10-18)30-39(33,34)35/h2-13,16,20-21,30H,14-15H2,1H3,(H,27,31)(H,29,32)(H,33,34,35)/p-1. The number of rotatable bonds is 11. The molecule has 10 nitrogen and oxygen atoms in total. The lowest BCUT2D eigenvalue weighted by Gasteiger charge is -2.23. The first-order chi connectivity index (χ1) is 18.7. The van der Waals surface area contributed by atoms with Gasteiger partial charge in [0.25, 0.3) is 0 Å². The molecule has 39 heavy (non-hydrogen) atoms. The second-order valence-electron chi connectivity index (χ2n) is 8.45. The summed E-state index contributed by atoms with van der Waals surface area (Å²) in [5.41, 5.74) is 2.39. The van der Waals surface area contributed by atoms with Crippen molar-refractivity contribution in [2.24, 2.45) is 0 Å². The van der Waals surface area contributed by atoms with Gasteiger partial charge >= 0.3 is 6.09 Å². The van der Waals surface area contributed by atoms with Crippen molar-refractivity contribution in [3.05, 3.63) is 94.3 Å². The number of benzene rings is 2. The van der Waals surface area contributed by atoms with Crippen LogP contribution < -0.4 is 15.4 Å². The second kappa shape index (κ2) is 12.8. The van der Waals surface area contributed by atoms with Gasteiger partial charge in [-0.3, -0.25) is 9.52 Å². The van der Waals surface area contributed by atoms with Crippen molar-refractivity contribution >= 4 is 50.7 Å². The van der Waals surface area contributed by atoms with Crippen molar-refractivity contribution in [1.29, 1.82) is 0 Å². The van der Waals surface area contributed by atoms with Crippen molar-refractivity contribution < 1.29 is 27.3 Å². The third-order valence-corrected chi connectivity index (χ3v) is 8.03. The predicted octanol–water partition coefficient (Wildman–Crippen LogP) is 4.11. The van der Waals surface area contributed by atoms with E-state index >= 15 is 0 Å². The van der Waals surface area contributed by atoms with Gasteiger partial charge in [0.1, 0.15) is 11.0 Å². The maximum atomic E-state index is 13.5. The smallest absolute Gasteiger partial charge is 0.407 e. The maximum absolute atomic E-state index is 13.5. The van der Waals surface area contributed by atoms with Crippen LogP contribution in [0.3, 0.4) is 0 Å². The summed E-state index contributed by atoms with van der Waals surface area (Å²) in [4.78, 5) is 31.3. The molecule has 0 bridgehead atoms. The second-order valence-corrected chi connectivity index (χ2v) is 11.4. The van der Waals surface area contributed by atoms with E-state index in [1.165, 1.54) is 30.6 Å². The monoisotopic (exact) mass is 585 g/mol. The van der Waals surface area contributed by atoms with E-state index < -0.39 is 34.4 Å². The van der Waals surface area contributed by atoms with Crippen LogP contribution in [0.2, 0.25) is 0 Å². The number of thiazole rings is 1. The molecule has 204 valence electrons. The lowest BCUT2D eigenvalue weighted by Crippen LogP contribution is -2.49. The Hall–Kier alpha value is -3.78. The highest BCUT2D eigenvalue weighted by atomic mass is 32.2. The molecule has 0 aliphatic carbocycles. The number of amides is 2. The van der Waals surface area contributed by atoms with E-state index in [9.17, 15) is 22.6 Å². The summed E-state index contributed by atoms with van der Waals surface area (Å²) in [6, 6.07) is 18.0. The Balaban J connectivity index is 1.59. The van der Waals surface area contributed by atoms with Gasteiger partial charge in [-0.15, -0.1) is 22.7 Å². The molecule has 0 saturated heterocycles. The topological polar surface area (TPSA) is 150 Å². The van der Waals surface area contributed by atoms with Crippen LogP contribution in [-0.2, 0) is 32.7 Å². The van der Waals surface area contributed by atoms with Crippen LogP contribution in [0, 0.1) is 0 Å². The van der Waals surface area contributed by atoms with E-state index in [0.29, 0.717) is 12.1 Å². The van der Waals surface area contributed by atoms with E-state index in [2.05, 4.69) is 10.6 Å². The molecule has 2 atom stereocenters. The first-order valence-corrected chi connectivity index (χ1v) is 14.9. The summed E-state index contributed by atoms with van der Waals surface area (Å²) in [5, 5.41) is 10.3. The number of ether oxygens (including phenoxy) is 1. The first kappa shape index (κ1) is 28.2. The zero-order valence-corrected chi connectivity index (χ0v) is 23.1. The molecule has 2 heterocycles. The molecule has 0 spiro atoms. The van der Waals surface area contributed by atoms with Crippen molar-refractivity contribution in [1.82, 2.24) is 15.6 Å². The minimum absolute atomic E-state index is 0.133. The van der Waals surface area contributed by atoms with Gasteiger partial charge in [-0.1, -0.05) is 48.5 Å². The zero-order chi connectivity index (χ0) is 27.8. The van der Waals surface area contributed by atoms with E-state index in [1.807, 2.05) is 57.9 Å². The lowest BCUT2D eigenvalue weighted by molar-refractivity contribution is -0.123. The highest BCUT2D eigenvalue weighted by molar-refractivity contribution is 7.87. The normalized spacial score (nSPS) is 12.8. The average molecular weight is 586 g/mol. The van der Waals surface area contributed by atoms with Crippen LogP contribution >= 0.6 is 22.7 Å². The molecule has 4 aromatic rings. The Kier molecular flexibility index (Phi) is 9.30. The number of methoxy groups -OCH3 is 1. The van der Waals surface area contributed by atoms with Crippen molar-refractivity contribution in [3.8, 4) is 9.88 Å². The van der Waals surface area contributed by atoms with Crippen LogP contribution in [-0.4, -0.2) is 43.1 Å². The number of carbonyl (C=O) groups excluding carboxylic acids is 2. The van der Waals surface area contributed by atoms with Gasteiger partial charge in [-0.2, -0.15) is 0 Å². The van der Waals surface area contributed by atoms with Crippen LogP contribution in [0.25, 0.3) is 9.88 Å². The summed E-state index contributed by atoms with van der Waals surface area (Å²) in [7, 11) is -3.42. The van der Waals surface area contributed by atoms with Crippen LogP contribution in [0.1, 0.15) is 22.9 Å². The molecular weight excluding hydrogens is 561 g/mol. The summed E-state index contributed by atoms with van der Waals surface area (Å²) in [6.07, 6.45) is -0.163. The molecule has 4 rings (SSSR count). The molecule has 2 aromatic carbocycles. The fraction of sp³-hybridized carbons (Fsp3) is 0.192. The predicted molar refractivity (Wildman–Crippen MR) is 149 cm³/mol. The molecule has 2 amide bonds. The van der Waals surface area contributed by atoms with Crippen LogP contribution in [0.15, 0.2) is 77.5 Å². The minimum Gasteiger partial charge on any atom is -0.731 e. The van der Waals surface area contributed by atoms with Gasteiger partial charge < -0.3 is 19.9 Å². The van der Waals surface area contributed by atoms with Gasteiger partial charge in [-0.05, 0) is 41.1 Å². The summed E-state index contributed by atoms with van der Waals surface area (Å²) >= 11 is 3.01.